The van der Waals surface area contributed by atoms with Gasteiger partial charge in [0.2, 0.25) is 0 Å². The third-order valence-electron chi connectivity index (χ3n) is 2.13. The number of hydrogen-bond donors (Lipinski definition) is 0. The van der Waals surface area contributed by atoms with Crippen LogP contribution in [0.25, 0.3) is 0 Å². The maximum atomic E-state index is 11.3. The van der Waals surface area contributed by atoms with Crippen molar-refractivity contribution in [2.24, 2.45) is 0 Å². The number of ketones is 1. The molecule has 0 unspecified atom stereocenters. The maximum absolute atomic E-state index is 11.3. The molecule has 1 aromatic rings. The molecule has 0 aliphatic carbocycles. The van der Waals surface area contributed by atoms with Gasteiger partial charge in [-0.3, -0.25) is 4.79 Å². The molecule has 0 aromatic carbocycles. The lowest BCUT2D eigenvalue weighted by Crippen LogP contribution is -2.02. The second-order valence-corrected chi connectivity index (χ2v) is 4.85. The van der Waals surface area contributed by atoms with Crippen molar-refractivity contribution in [2.45, 2.75) is 25.8 Å². The summed E-state index contributed by atoms with van der Waals surface area (Å²) in [5, 5.41) is 9.71. The van der Waals surface area contributed by atoms with Gasteiger partial charge >= 0.3 is 0 Å². The predicted octanol–water partition coefficient (Wildman–Crippen LogP) is 3.13. The first kappa shape index (κ1) is 13.5. The quantitative estimate of drug-likeness (QED) is 0.465. The van der Waals surface area contributed by atoms with Crippen molar-refractivity contribution in [1.29, 1.82) is 5.26 Å². The molecule has 88 valence electrons. The van der Waals surface area contributed by atoms with E-state index in [1.165, 1.54) is 18.7 Å². The molecule has 0 amide bonds. The molecule has 1 aromatic heterocycles. The second-order valence-electron chi connectivity index (χ2n) is 3.89. The number of Topliss-reactive ketones (excluding diaryl/α,β-unsaturated/α-hetero) is 1. The molecule has 0 atom stereocenters. The first-order valence-corrected chi connectivity index (χ1v) is 6.14. The zero-order valence-corrected chi connectivity index (χ0v) is 11.0. The number of thioether (sulfide) groups is 1. The minimum absolute atomic E-state index is 0.0667. The number of nitriles is 1. The van der Waals surface area contributed by atoms with Gasteiger partial charge in [-0.05, 0) is 26.8 Å². The number of hydrogen-bond acceptors (Lipinski definition) is 4. The van der Waals surface area contributed by atoms with Gasteiger partial charge in [0.25, 0.3) is 0 Å². The van der Waals surface area contributed by atoms with Gasteiger partial charge in [0.05, 0.1) is 5.56 Å². The number of carbonyl (C=O) groups is 1. The number of aryl methyl sites for hydroxylation is 1. The first-order chi connectivity index (χ1) is 7.95. The molecular formula is C13H14N2OS. The zero-order chi connectivity index (χ0) is 13.0. The third kappa shape index (κ3) is 3.43. The Balaban J connectivity index is 3.15. The van der Waals surface area contributed by atoms with Gasteiger partial charge in [0.1, 0.15) is 11.1 Å². The number of carbonyl (C=O) groups excluding carboxylic acids is 1. The summed E-state index contributed by atoms with van der Waals surface area (Å²) in [5.74, 6) is 0.656. The molecule has 0 spiro atoms. The fourth-order valence-corrected chi connectivity index (χ4v) is 2.17. The van der Waals surface area contributed by atoms with E-state index in [4.69, 9.17) is 5.26 Å². The molecule has 0 bridgehead atoms. The highest BCUT2D eigenvalue weighted by atomic mass is 32.2. The van der Waals surface area contributed by atoms with Gasteiger partial charge in [-0.2, -0.15) is 5.26 Å². The SMILES string of the molecule is C=C(C)CSc1nc(C)c(C(C)=O)cc1C#N. The third-order valence-corrected chi connectivity index (χ3v) is 3.35. The van der Waals surface area contributed by atoms with Crippen LogP contribution in [0.5, 0.6) is 0 Å². The summed E-state index contributed by atoms with van der Waals surface area (Å²) in [6, 6.07) is 3.69. The average Bonchev–Trinajstić information content (AvgIpc) is 2.25. The van der Waals surface area contributed by atoms with Crippen LogP contribution in [0, 0.1) is 18.3 Å². The Bertz CT molecular complexity index is 515. The summed E-state index contributed by atoms with van der Waals surface area (Å²) in [6.45, 7) is 8.99. The van der Waals surface area contributed by atoms with Gasteiger partial charge in [-0.15, -0.1) is 11.8 Å². The van der Waals surface area contributed by atoms with Crippen LogP contribution in [0.15, 0.2) is 23.2 Å². The highest BCUT2D eigenvalue weighted by Crippen LogP contribution is 2.24. The van der Waals surface area contributed by atoms with Crippen LogP contribution in [0.4, 0.5) is 0 Å². The fraction of sp³-hybridized carbons (Fsp3) is 0.308. The summed E-state index contributed by atoms with van der Waals surface area (Å²) >= 11 is 1.47. The van der Waals surface area contributed by atoms with E-state index in [9.17, 15) is 4.79 Å². The highest BCUT2D eigenvalue weighted by molar-refractivity contribution is 7.99. The van der Waals surface area contributed by atoms with Crippen molar-refractivity contribution < 1.29 is 4.79 Å². The van der Waals surface area contributed by atoms with Crippen molar-refractivity contribution in [2.75, 3.05) is 5.75 Å². The van der Waals surface area contributed by atoms with Crippen LogP contribution < -0.4 is 0 Å². The second kappa shape index (κ2) is 5.65. The van der Waals surface area contributed by atoms with E-state index < -0.39 is 0 Å². The molecule has 0 aliphatic rings. The lowest BCUT2D eigenvalue weighted by Gasteiger charge is -2.07. The Labute approximate surface area is 106 Å². The highest BCUT2D eigenvalue weighted by Gasteiger charge is 2.12. The summed E-state index contributed by atoms with van der Waals surface area (Å²) in [5.41, 5.74) is 2.66. The Morgan fingerprint density at radius 3 is 2.71 bits per heavy atom. The van der Waals surface area contributed by atoms with Crippen molar-refractivity contribution in [3.05, 3.63) is 35.0 Å². The van der Waals surface area contributed by atoms with Crippen LogP contribution >= 0.6 is 11.8 Å². The van der Waals surface area contributed by atoms with E-state index in [1.54, 1.807) is 13.0 Å². The average molecular weight is 246 g/mol. The van der Waals surface area contributed by atoms with E-state index in [-0.39, 0.29) is 5.78 Å². The zero-order valence-electron chi connectivity index (χ0n) is 10.2. The smallest absolute Gasteiger partial charge is 0.161 e. The van der Waals surface area contributed by atoms with E-state index >= 15 is 0 Å². The minimum atomic E-state index is -0.0667. The molecule has 0 N–H and O–H groups in total. The molecule has 1 heterocycles. The Morgan fingerprint density at radius 2 is 2.24 bits per heavy atom. The standard InChI is InChI=1S/C13H14N2OS/c1-8(2)7-17-13-11(6-14)5-12(10(4)16)9(3)15-13/h5H,1,7H2,2-4H3. The van der Waals surface area contributed by atoms with Crippen molar-refractivity contribution >= 4 is 17.5 Å². The molecule has 4 heteroatoms. The van der Waals surface area contributed by atoms with Gasteiger partial charge in [-0.25, -0.2) is 4.98 Å². The molecule has 0 radical (unpaired) electrons. The lowest BCUT2D eigenvalue weighted by atomic mass is 10.1. The maximum Gasteiger partial charge on any atom is 0.161 e. The predicted molar refractivity (Wildman–Crippen MR) is 69.2 cm³/mol. The van der Waals surface area contributed by atoms with Crippen LogP contribution in [0.1, 0.15) is 35.5 Å². The summed E-state index contributed by atoms with van der Waals surface area (Å²) in [4.78, 5) is 15.7. The Hall–Kier alpha value is -1.60. The van der Waals surface area contributed by atoms with Crippen LogP contribution in [0.2, 0.25) is 0 Å². The van der Waals surface area contributed by atoms with Gasteiger partial charge < -0.3 is 0 Å². The van der Waals surface area contributed by atoms with Crippen molar-refractivity contribution in [1.82, 2.24) is 4.98 Å². The first-order valence-electron chi connectivity index (χ1n) is 5.15. The summed E-state index contributed by atoms with van der Waals surface area (Å²) < 4.78 is 0. The monoisotopic (exact) mass is 246 g/mol. The van der Waals surface area contributed by atoms with Gasteiger partial charge in [-0.1, -0.05) is 12.2 Å². The van der Waals surface area contributed by atoms with E-state index in [0.717, 1.165) is 11.3 Å². The molecular weight excluding hydrogens is 232 g/mol. The van der Waals surface area contributed by atoms with E-state index in [2.05, 4.69) is 17.6 Å². The number of aromatic nitrogens is 1. The van der Waals surface area contributed by atoms with Crippen molar-refractivity contribution in [3.8, 4) is 6.07 Å². The van der Waals surface area contributed by atoms with Crippen LogP contribution in [0.3, 0.4) is 0 Å². The number of rotatable bonds is 4. The molecule has 0 saturated carbocycles. The minimum Gasteiger partial charge on any atom is -0.294 e. The molecule has 3 nitrogen and oxygen atoms in total. The fourth-order valence-electron chi connectivity index (χ4n) is 1.32. The van der Waals surface area contributed by atoms with E-state index in [1.807, 2.05) is 6.92 Å². The van der Waals surface area contributed by atoms with E-state index in [0.29, 0.717) is 21.8 Å². The van der Waals surface area contributed by atoms with Crippen LogP contribution in [-0.4, -0.2) is 16.5 Å². The number of nitrogens with zero attached hydrogens (tertiary/aromatic N) is 2. The van der Waals surface area contributed by atoms with Gasteiger partial charge in [0.15, 0.2) is 5.78 Å². The normalized spacial score (nSPS) is 9.76. The van der Waals surface area contributed by atoms with Crippen molar-refractivity contribution in [3.63, 3.8) is 0 Å². The largest absolute Gasteiger partial charge is 0.294 e. The Morgan fingerprint density at radius 1 is 1.59 bits per heavy atom. The van der Waals surface area contributed by atoms with Gasteiger partial charge in [0, 0.05) is 17.0 Å². The molecule has 17 heavy (non-hydrogen) atoms. The number of pyridine rings is 1. The van der Waals surface area contributed by atoms with Crippen LogP contribution in [-0.2, 0) is 0 Å². The molecule has 0 saturated heterocycles. The lowest BCUT2D eigenvalue weighted by molar-refractivity contribution is 0.101. The molecule has 0 aliphatic heterocycles. The topological polar surface area (TPSA) is 53.8 Å². The summed E-state index contributed by atoms with van der Waals surface area (Å²) in [6.07, 6.45) is 0. The Kier molecular flexibility index (Phi) is 4.47. The molecule has 1 rings (SSSR count). The molecule has 0 fully saturated rings. The summed E-state index contributed by atoms with van der Waals surface area (Å²) in [7, 11) is 0.